The van der Waals surface area contributed by atoms with E-state index in [-0.39, 0.29) is 17.1 Å². The number of H-pyrrole nitrogens is 1. The van der Waals surface area contributed by atoms with Crippen molar-refractivity contribution in [2.24, 2.45) is 0 Å². The minimum Gasteiger partial charge on any atom is -0.367 e. The second-order valence-corrected chi connectivity index (χ2v) is 7.67. The zero-order valence-electron chi connectivity index (χ0n) is 16.7. The molecule has 4 rings (SSSR count). The van der Waals surface area contributed by atoms with Crippen LogP contribution >= 0.6 is 0 Å². The number of aromatic nitrogens is 3. The van der Waals surface area contributed by atoms with Gasteiger partial charge >= 0.3 is 6.18 Å². The molecule has 1 aliphatic heterocycles. The molecule has 1 unspecified atom stereocenters. The van der Waals surface area contributed by atoms with Gasteiger partial charge in [0.05, 0.1) is 22.9 Å². The van der Waals surface area contributed by atoms with Gasteiger partial charge in [-0.1, -0.05) is 0 Å². The van der Waals surface area contributed by atoms with Crippen LogP contribution in [0, 0.1) is 6.92 Å². The third-order valence-corrected chi connectivity index (χ3v) is 5.60. The minimum absolute atomic E-state index is 0.147. The molecule has 1 N–H and O–H groups in total. The Morgan fingerprint density at radius 1 is 1.27 bits per heavy atom. The summed E-state index contributed by atoms with van der Waals surface area (Å²) in [4.78, 5) is 27.3. The van der Waals surface area contributed by atoms with Crippen molar-refractivity contribution < 1.29 is 13.2 Å². The third-order valence-electron chi connectivity index (χ3n) is 5.60. The zero-order valence-corrected chi connectivity index (χ0v) is 16.7. The summed E-state index contributed by atoms with van der Waals surface area (Å²) in [5.74, 6) is 0. The van der Waals surface area contributed by atoms with Crippen LogP contribution < -0.4 is 10.5 Å². The molecule has 0 aliphatic carbocycles. The van der Waals surface area contributed by atoms with Crippen molar-refractivity contribution in [3.05, 3.63) is 63.8 Å². The number of alkyl halides is 3. The lowest BCUT2D eigenvalue weighted by atomic mass is 10.1. The second kappa shape index (κ2) is 7.71. The predicted octanol–water partition coefficient (Wildman–Crippen LogP) is 3.36. The molecule has 4 heterocycles. The van der Waals surface area contributed by atoms with Gasteiger partial charge in [0.2, 0.25) is 0 Å². The van der Waals surface area contributed by atoms with Crippen molar-refractivity contribution >= 4 is 16.7 Å². The van der Waals surface area contributed by atoms with Gasteiger partial charge in [0, 0.05) is 44.6 Å². The van der Waals surface area contributed by atoms with Crippen molar-refractivity contribution in [3.63, 3.8) is 0 Å². The smallest absolute Gasteiger partial charge is 0.367 e. The van der Waals surface area contributed by atoms with Gasteiger partial charge in [-0.05, 0) is 43.2 Å². The standard InChI is InChI=1S/C21H22F3N5O/c1-13-11-29(16-4-3-5-25-10-16)7-6-28(13)12-15-8-17-19(26-9-15)14(2)18(20(30)27-17)21(22,23)24/h3-5,8-10,13H,6-7,11-12H2,1-2H3,(H,27,30). The Kier molecular flexibility index (Phi) is 5.23. The maximum atomic E-state index is 13.2. The highest BCUT2D eigenvalue weighted by Gasteiger charge is 2.37. The van der Waals surface area contributed by atoms with E-state index in [2.05, 4.69) is 31.7 Å². The third kappa shape index (κ3) is 3.89. The van der Waals surface area contributed by atoms with Crippen molar-refractivity contribution in [2.75, 3.05) is 24.5 Å². The lowest BCUT2D eigenvalue weighted by molar-refractivity contribution is -0.139. The molecule has 0 aromatic carbocycles. The Labute approximate surface area is 171 Å². The van der Waals surface area contributed by atoms with Crippen LogP contribution in [0.4, 0.5) is 18.9 Å². The molecule has 1 aliphatic rings. The van der Waals surface area contributed by atoms with Gasteiger partial charge in [-0.25, -0.2) is 0 Å². The van der Waals surface area contributed by atoms with Gasteiger partial charge in [-0.15, -0.1) is 0 Å². The number of fused-ring (bicyclic) bond motifs is 1. The first kappa shape index (κ1) is 20.3. The Morgan fingerprint density at radius 2 is 2.07 bits per heavy atom. The minimum atomic E-state index is -4.71. The number of piperazine rings is 1. The van der Waals surface area contributed by atoms with E-state index in [1.807, 2.05) is 18.3 Å². The molecule has 6 nitrogen and oxygen atoms in total. The Hall–Kier alpha value is -2.94. The number of hydrogen-bond donors (Lipinski definition) is 1. The van der Waals surface area contributed by atoms with Gasteiger partial charge in [-0.3, -0.25) is 19.7 Å². The second-order valence-electron chi connectivity index (χ2n) is 7.67. The number of aromatic amines is 1. The van der Waals surface area contributed by atoms with Crippen LogP contribution in [0.25, 0.3) is 11.0 Å². The molecule has 3 aromatic heterocycles. The number of hydrogen-bond acceptors (Lipinski definition) is 5. The van der Waals surface area contributed by atoms with Crippen molar-refractivity contribution in [1.29, 1.82) is 0 Å². The topological polar surface area (TPSA) is 65.1 Å². The van der Waals surface area contributed by atoms with E-state index in [1.54, 1.807) is 18.5 Å². The van der Waals surface area contributed by atoms with Crippen molar-refractivity contribution in [1.82, 2.24) is 19.9 Å². The number of nitrogens with one attached hydrogen (secondary N) is 1. The predicted molar refractivity (Wildman–Crippen MR) is 108 cm³/mol. The highest BCUT2D eigenvalue weighted by molar-refractivity contribution is 5.79. The number of nitrogens with zero attached hydrogens (tertiary/aromatic N) is 4. The summed E-state index contributed by atoms with van der Waals surface area (Å²) in [6.45, 7) is 6.55. The van der Waals surface area contributed by atoms with Gasteiger partial charge in [-0.2, -0.15) is 13.2 Å². The first-order valence-corrected chi connectivity index (χ1v) is 9.72. The van der Waals surface area contributed by atoms with Crippen LogP contribution in [0.3, 0.4) is 0 Å². The van der Waals surface area contributed by atoms with E-state index in [0.29, 0.717) is 12.1 Å². The molecular formula is C21H22F3N5O. The van der Waals surface area contributed by atoms with E-state index in [1.165, 1.54) is 6.92 Å². The quantitative estimate of drug-likeness (QED) is 0.708. The van der Waals surface area contributed by atoms with Crippen molar-refractivity contribution in [3.8, 4) is 0 Å². The fraction of sp³-hybridized carbons (Fsp3) is 0.381. The van der Waals surface area contributed by atoms with Crippen LogP contribution in [0.2, 0.25) is 0 Å². The number of aryl methyl sites for hydroxylation is 1. The fourth-order valence-electron chi connectivity index (χ4n) is 4.04. The number of pyridine rings is 3. The van der Waals surface area contributed by atoms with E-state index < -0.39 is 17.3 Å². The number of anilines is 1. The summed E-state index contributed by atoms with van der Waals surface area (Å²) in [6, 6.07) is 5.94. The lowest BCUT2D eigenvalue weighted by Gasteiger charge is -2.40. The Bertz CT molecular complexity index is 1110. The SMILES string of the molecule is Cc1c(C(F)(F)F)c(=O)[nH]c2cc(CN3CCN(c4cccnc4)CC3C)cnc12. The van der Waals surface area contributed by atoms with Gasteiger partial charge in [0.15, 0.2) is 0 Å². The van der Waals surface area contributed by atoms with E-state index >= 15 is 0 Å². The van der Waals surface area contributed by atoms with Crippen LogP contribution in [-0.2, 0) is 12.7 Å². The Balaban J connectivity index is 1.54. The summed E-state index contributed by atoms with van der Waals surface area (Å²) in [5, 5.41) is 0. The maximum Gasteiger partial charge on any atom is 0.422 e. The molecule has 0 spiro atoms. The molecule has 0 saturated carbocycles. The normalized spacial score (nSPS) is 18.2. The van der Waals surface area contributed by atoms with Crippen LogP contribution in [0.1, 0.15) is 23.6 Å². The first-order chi connectivity index (χ1) is 14.2. The van der Waals surface area contributed by atoms with Crippen LogP contribution in [-0.4, -0.2) is 45.5 Å². The van der Waals surface area contributed by atoms with Gasteiger partial charge < -0.3 is 9.88 Å². The summed E-state index contributed by atoms with van der Waals surface area (Å²) in [6.07, 6.45) is 0.479. The zero-order chi connectivity index (χ0) is 21.5. The molecule has 0 radical (unpaired) electrons. The number of halogens is 3. The molecule has 0 amide bonds. The molecule has 1 fully saturated rings. The fourth-order valence-corrected chi connectivity index (χ4v) is 4.04. The summed E-state index contributed by atoms with van der Waals surface area (Å²) in [5.41, 5.74) is -0.0415. The van der Waals surface area contributed by atoms with E-state index in [0.717, 1.165) is 30.9 Å². The largest absolute Gasteiger partial charge is 0.422 e. The van der Waals surface area contributed by atoms with Crippen LogP contribution in [0.5, 0.6) is 0 Å². The molecule has 1 atom stereocenters. The molecular weight excluding hydrogens is 395 g/mol. The van der Waals surface area contributed by atoms with E-state index in [9.17, 15) is 18.0 Å². The average molecular weight is 417 g/mol. The van der Waals surface area contributed by atoms with Crippen LogP contribution in [0.15, 0.2) is 41.6 Å². The van der Waals surface area contributed by atoms with Crippen molar-refractivity contribution in [2.45, 2.75) is 32.6 Å². The lowest BCUT2D eigenvalue weighted by Crippen LogP contribution is -2.51. The first-order valence-electron chi connectivity index (χ1n) is 9.72. The highest BCUT2D eigenvalue weighted by Crippen LogP contribution is 2.31. The Morgan fingerprint density at radius 3 is 2.73 bits per heavy atom. The van der Waals surface area contributed by atoms with Gasteiger partial charge in [0.25, 0.3) is 5.56 Å². The molecule has 9 heteroatoms. The van der Waals surface area contributed by atoms with E-state index in [4.69, 9.17) is 0 Å². The highest BCUT2D eigenvalue weighted by atomic mass is 19.4. The molecule has 3 aromatic rings. The maximum absolute atomic E-state index is 13.2. The van der Waals surface area contributed by atoms with Gasteiger partial charge in [0.1, 0.15) is 5.56 Å². The molecule has 158 valence electrons. The molecule has 0 bridgehead atoms. The molecule has 30 heavy (non-hydrogen) atoms. The summed E-state index contributed by atoms with van der Waals surface area (Å²) < 4.78 is 39.5. The summed E-state index contributed by atoms with van der Waals surface area (Å²) >= 11 is 0. The number of rotatable bonds is 3. The molecule has 1 saturated heterocycles. The monoisotopic (exact) mass is 417 g/mol. The average Bonchev–Trinajstić information content (AvgIpc) is 2.69. The summed E-state index contributed by atoms with van der Waals surface area (Å²) in [7, 11) is 0.